The molecule has 20 bridgehead atoms. The third kappa shape index (κ3) is 41.3. The van der Waals surface area contributed by atoms with E-state index in [0.29, 0.717) is 192 Å². The topological polar surface area (TPSA) is 416 Å². The standard InChI is InChI=1S/C24H35N5O3.C23H33N5O2.C22H31N5O.C20H26N6O2.C19H25N5O/c1-3-32-24-28-22-18-20-8-10-21(11-9-20)19(2)25-12-6-16-30-14-4-5-15-31-17-7-13-26-23(27-22)29-24;1-2-30-23-27-20-17-18-11-13-19(14-12-18)21(29)24-15-9-7-5-3-4-6-8-10-16-25-22(26-20)28-23;1-3-28-22-26-20-16-18-10-12-19(13-11-18)17(2)23-14-8-6-4-5-7-9-15-24-21(25-20)27-22;1-4-28-20-24-18-13-16-5-7-17(8-6-16)14(2)21-9-11-26(15(3)27)12-10-22-19(23-18)25-20;1-3-25-19-23-17-13-15-7-9-16(10-8-15)14(2)20-11-5-4-6-12-21-18(22-17)24-19/h8-11,25H,2-7,12-18H2,1H3,(H,26,27,28,29);11-14H,2-10,15-17H2,1H3,(H,24,29)(H,25,26,27,28);10-13,23H,2-9,14-16H2,1H3,(H,24,25,26,27);5-8,21H,2,4,9-13H2,1,3H3,(H,22,23,24,25);7-10,20H,2-6,11-13H2,1H3,(H,21,22,23,24). The molecule has 15 heterocycles. The molecule has 10 aliphatic rings. The Kier molecular flexibility index (Phi) is 48.4. The van der Waals surface area contributed by atoms with Gasteiger partial charge in [-0.1, -0.05) is 200 Å². The smallest absolute Gasteiger partial charge is 0.321 e. The summed E-state index contributed by atoms with van der Waals surface area (Å²) in [6.45, 7) is 42.3. The number of carbonyl (C=O) groups is 2. The van der Waals surface area contributed by atoms with Crippen molar-refractivity contribution in [1.82, 2.24) is 106 Å². The van der Waals surface area contributed by atoms with E-state index in [4.69, 9.17) is 33.2 Å². The highest BCUT2D eigenvalue weighted by Crippen LogP contribution is 2.25. The summed E-state index contributed by atoms with van der Waals surface area (Å²) in [5.74, 6) is 6.10. The van der Waals surface area contributed by atoms with Crippen molar-refractivity contribution in [2.24, 2.45) is 0 Å². The highest BCUT2D eigenvalue weighted by molar-refractivity contribution is 5.94. The summed E-state index contributed by atoms with van der Waals surface area (Å²) in [7, 11) is 0. The largest absolute Gasteiger partial charge is 0.464 e. The summed E-state index contributed by atoms with van der Waals surface area (Å²) in [4.78, 5) is 92.7. The van der Waals surface area contributed by atoms with E-state index >= 15 is 0 Å². The maximum atomic E-state index is 12.3. The van der Waals surface area contributed by atoms with Crippen LogP contribution in [0.2, 0.25) is 0 Å². The fourth-order valence-corrected chi connectivity index (χ4v) is 15.7. The van der Waals surface area contributed by atoms with Crippen LogP contribution in [0.15, 0.2) is 148 Å². The van der Waals surface area contributed by atoms with Crippen molar-refractivity contribution >= 4 is 64.3 Å². The SMILES string of the molecule is C=C1NCCCCCCCCNc2nc(nc(OCC)n2)Cc2ccc1cc2.C=C1NCCCCCNc2nc(nc(OCC)n2)Cc2ccc1cc2.C=C1NCCCOCCCCOCCCNc2nc(nc(OCC)n2)Cc2ccc1cc2.C=C1NCCN(C(C)=O)CCNc2nc(nc(OCC)n2)Cc2ccc1cc2.CCOc1nc2nc(n1)NCCCCCCCCCCNC(=O)c1ccc(cc1)C2. The van der Waals surface area contributed by atoms with Gasteiger partial charge in [0, 0.05) is 172 Å². The number of nitrogens with one attached hydrogen (secondary N) is 10. The van der Waals surface area contributed by atoms with E-state index in [2.05, 4.69) is 227 Å². The van der Waals surface area contributed by atoms with E-state index in [-0.39, 0.29) is 11.8 Å². The lowest BCUT2D eigenvalue weighted by molar-refractivity contribution is -0.128. The molecule has 5 aromatic carbocycles. The van der Waals surface area contributed by atoms with Crippen molar-refractivity contribution in [3.8, 4) is 30.1 Å². The van der Waals surface area contributed by atoms with E-state index in [1.807, 2.05) is 83.1 Å². The van der Waals surface area contributed by atoms with Crippen LogP contribution in [0.25, 0.3) is 22.8 Å². The highest BCUT2D eigenvalue weighted by atomic mass is 16.5. The number of carbonyl (C=O) groups excluding carboxylic acids is 2. The Bertz CT molecular complexity index is 5490. The van der Waals surface area contributed by atoms with Crippen LogP contribution in [0.5, 0.6) is 30.1 Å². The molecule has 10 aliphatic heterocycles. The van der Waals surface area contributed by atoms with Gasteiger partial charge in [-0.05, 0) is 167 Å². The third-order valence-corrected chi connectivity index (χ3v) is 23.5. The minimum absolute atomic E-state index is 0.0160. The molecular weight excluding hydrogens is 1810 g/mol. The van der Waals surface area contributed by atoms with Gasteiger partial charge < -0.3 is 91.2 Å². The van der Waals surface area contributed by atoms with Crippen molar-refractivity contribution in [3.05, 3.63) is 232 Å². The number of benzene rings is 5. The number of hydrogen-bond donors (Lipinski definition) is 10. The van der Waals surface area contributed by atoms with Gasteiger partial charge in [-0.2, -0.15) is 74.8 Å². The fraction of sp³-hybridized carbons (Fsp3) is 0.491. The predicted octanol–water partition coefficient (Wildman–Crippen LogP) is 16.5. The van der Waals surface area contributed by atoms with Crippen molar-refractivity contribution in [1.29, 1.82) is 0 Å². The number of nitrogens with zero attached hydrogens (tertiary/aromatic N) is 16. The lowest BCUT2D eigenvalue weighted by Crippen LogP contribution is -2.38. The number of rotatable bonds is 10. The molecule has 0 spiro atoms. The normalized spacial score (nSPS) is 16.2. The van der Waals surface area contributed by atoms with E-state index < -0.39 is 0 Å². The zero-order valence-corrected chi connectivity index (χ0v) is 84.9. The minimum atomic E-state index is -0.0160. The van der Waals surface area contributed by atoms with Crippen molar-refractivity contribution in [2.75, 3.05) is 165 Å². The average Bonchev–Trinajstić information content (AvgIpc) is 0.963. The van der Waals surface area contributed by atoms with Crippen LogP contribution in [0, 0.1) is 0 Å². The molecule has 766 valence electrons. The van der Waals surface area contributed by atoms with Gasteiger partial charge in [0.25, 0.3) is 5.91 Å². The number of fused-ring (bicyclic) bond motifs is 60. The summed E-state index contributed by atoms with van der Waals surface area (Å²) < 4.78 is 39.0. The molecule has 0 unspecified atom stereocenters. The monoisotopic (exact) mass is 1960 g/mol. The van der Waals surface area contributed by atoms with Crippen molar-refractivity contribution < 1.29 is 42.7 Å². The summed E-state index contributed by atoms with van der Waals surface area (Å²) in [5.41, 5.74) is 14.2. The summed E-state index contributed by atoms with van der Waals surface area (Å²) in [6, 6.07) is 42.5. The Morgan fingerprint density at radius 1 is 0.266 bits per heavy atom. The summed E-state index contributed by atoms with van der Waals surface area (Å²) in [6.07, 6.45) is 26.9. The third-order valence-electron chi connectivity index (χ3n) is 23.5. The number of anilines is 5. The Labute approximate surface area is 844 Å². The molecule has 0 saturated heterocycles. The minimum Gasteiger partial charge on any atom is -0.464 e. The molecule has 5 aromatic heterocycles. The molecule has 143 heavy (non-hydrogen) atoms. The quantitative estimate of drug-likeness (QED) is 0.0568. The second-order valence-corrected chi connectivity index (χ2v) is 35.0. The van der Waals surface area contributed by atoms with Gasteiger partial charge in [-0.25, -0.2) is 0 Å². The van der Waals surface area contributed by atoms with Crippen LogP contribution >= 0.6 is 0 Å². The van der Waals surface area contributed by atoms with Gasteiger partial charge in [0.05, 0.1) is 33.0 Å². The Morgan fingerprint density at radius 3 is 0.748 bits per heavy atom. The van der Waals surface area contributed by atoms with Crippen LogP contribution in [-0.4, -0.2) is 229 Å². The molecule has 0 saturated carbocycles. The van der Waals surface area contributed by atoms with Gasteiger partial charge in [-0.15, -0.1) is 0 Å². The molecule has 2 amide bonds. The van der Waals surface area contributed by atoms with Crippen LogP contribution in [0.1, 0.15) is 266 Å². The average molecular weight is 1960 g/mol. The Balaban J connectivity index is 0.000000171. The summed E-state index contributed by atoms with van der Waals surface area (Å²) >= 11 is 0. The number of ether oxygens (including phenoxy) is 7. The van der Waals surface area contributed by atoms with Gasteiger partial charge in [0.2, 0.25) is 35.6 Å². The van der Waals surface area contributed by atoms with Gasteiger partial charge in [-0.3, -0.25) is 9.59 Å². The first-order chi connectivity index (χ1) is 70.0. The predicted molar refractivity (Wildman–Crippen MR) is 565 cm³/mol. The van der Waals surface area contributed by atoms with Gasteiger partial charge in [0.15, 0.2) is 0 Å². The van der Waals surface area contributed by atoms with Crippen LogP contribution in [-0.2, 0) is 46.4 Å². The molecule has 10 aromatic rings. The Morgan fingerprint density at radius 2 is 0.476 bits per heavy atom. The number of hydrogen-bond acceptors (Lipinski definition) is 33. The fourth-order valence-electron chi connectivity index (χ4n) is 15.7. The van der Waals surface area contributed by atoms with E-state index in [1.165, 1.54) is 70.6 Å². The van der Waals surface area contributed by atoms with Crippen molar-refractivity contribution in [2.45, 2.75) is 208 Å². The Hall–Kier alpha value is -13.8. The second-order valence-electron chi connectivity index (χ2n) is 35.0. The van der Waals surface area contributed by atoms with E-state index in [9.17, 15) is 9.59 Å². The highest BCUT2D eigenvalue weighted by Gasteiger charge is 2.20. The number of aromatic nitrogens is 15. The first-order valence-electron chi connectivity index (χ1n) is 51.5. The van der Waals surface area contributed by atoms with Crippen LogP contribution in [0.4, 0.5) is 29.7 Å². The van der Waals surface area contributed by atoms with E-state index in [1.54, 1.807) is 11.8 Å². The van der Waals surface area contributed by atoms with Gasteiger partial charge >= 0.3 is 30.1 Å². The first kappa shape index (κ1) is 110. The molecule has 35 nitrogen and oxygen atoms in total. The molecule has 10 N–H and O–H groups in total. The molecule has 0 fully saturated rings. The molecular formula is C108H150N26O9. The molecule has 0 aliphatic carbocycles. The zero-order valence-electron chi connectivity index (χ0n) is 84.9. The van der Waals surface area contributed by atoms with Crippen LogP contribution in [0.3, 0.4) is 0 Å². The zero-order chi connectivity index (χ0) is 100. The van der Waals surface area contributed by atoms with Crippen molar-refractivity contribution in [3.63, 3.8) is 0 Å². The van der Waals surface area contributed by atoms with Gasteiger partial charge in [0.1, 0.15) is 29.1 Å². The van der Waals surface area contributed by atoms with E-state index in [0.717, 1.165) is 209 Å². The lowest BCUT2D eigenvalue weighted by atomic mass is 10.1. The van der Waals surface area contributed by atoms with Crippen LogP contribution < -0.4 is 76.9 Å². The maximum Gasteiger partial charge on any atom is 0.321 e. The second kappa shape index (κ2) is 63.2. The molecule has 20 rings (SSSR count). The number of amides is 2. The molecule has 0 atom stereocenters. The lowest BCUT2D eigenvalue weighted by Gasteiger charge is -2.22. The maximum absolute atomic E-state index is 12.3. The molecule has 35 heteroatoms. The summed E-state index contributed by atoms with van der Waals surface area (Å²) in [5, 5.41) is 32.9. The first-order valence-corrected chi connectivity index (χ1v) is 51.5. The molecule has 0 radical (unpaired) electrons.